The van der Waals surface area contributed by atoms with E-state index in [2.05, 4.69) is 4.99 Å². The van der Waals surface area contributed by atoms with E-state index in [0.29, 0.717) is 17.6 Å². The molecule has 0 aromatic rings. The molecule has 1 amide bonds. The van der Waals surface area contributed by atoms with Crippen molar-refractivity contribution in [1.29, 1.82) is 0 Å². The first kappa shape index (κ1) is 16.7. The molecule has 0 saturated heterocycles. The predicted molar refractivity (Wildman–Crippen MR) is 82.2 cm³/mol. The fraction of sp³-hybridized carbons (Fsp3) is 0.714. The number of hydrogen-bond donors (Lipinski definition) is 2. The van der Waals surface area contributed by atoms with Gasteiger partial charge in [0.05, 0.1) is 13.3 Å². The highest BCUT2D eigenvalue weighted by Crippen LogP contribution is 2.41. The van der Waals surface area contributed by atoms with Crippen molar-refractivity contribution < 1.29 is 10.6 Å². The predicted octanol–water partition coefficient (Wildman–Crippen LogP) is 2.10. The molecule has 1 atom stereocenters. The number of aliphatic imine (C=N–C) groups is 1. The van der Waals surface area contributed by atoms with Gasteiger partial charge in [-0.1, -0.05) is 32.7 Å². The number of guanidine groups is 1. The van der Waals surface area contributed by atoms with Gasteiger partial charge in [0, 0.05) is 1.37 Å². The van der Waals surface area contributed by atoms with Crippen LogP contribution < -0.4 is 11.5 Å². The van der Waals surface area contributed by atoms with E-state index in [9.17, 15) is 9.18 Å². The fourth-order valence-electron chi connectivity index (χ4n) is 2.00. The summed E-state index contributed by atoms with van der Waals surface area (Å²) >= 11 is 0. The summed E-state index contributed by atoms with van der Waals surface area (Å²) in [5, 5.41) is 0. The topological polar surface area (TPSA) is 81.5 Å². The molecule has 2 radical (unpaired) electrons. The van der Waals surface area contributed by atoms with Crippen molar-refractivity contribution in [3.63, 3.8) is 0 Å². The van der Waals surface area contributed by atoms with E-state index < -0.39 is 23.4 Å². The Kier molecular flexibility index (Phi) is 5.78. The Morgan fingerprint density at radius 3 is 2.30 bits per heavy atom. The van der Waals surface area contributed by atoms with Crippen molar-refractivity contribution in [2.45, 2.75) is 47.3 Å². The van der Waals surface area contributed by atoms with Gasteiger partial charge in [-0.05, 0) is 31.2 Å². The standard InChI is InChI=1S/C14H25BFN3O/c1-6-14(5,11(20)19-12(17)18)9(2)10(7-16)13(3,4)8-15/h6-8H2,1-5H3,(H4,17,18,19,20)/b10-9+/i5D. The molecule has 0 heterocycles. The van der Waals surface area contributed by atoms with Crippen molar-refractivity contribution in [3.8, 4) is 0 Å². The molecular formula is C14H25BFN3O. The highest BCUT2D eigenvalue weighted by Gasteiger charge is 2.37. The maximum absolute atomic E-state index is 13.5. The summed E-state index contributed by atoms with van der Waals surface area (Å²) in [6.07, 6.45) is 0.542. The second-order valence-electron chi connectivity index (χ2n) is 5.60. The molecule has 0 saturated carbocycles. The minimum absolute atomic E-state index is 0.234. The van der Waals surface area contributed by atoms with Crippen molar-refractivity contribution in [3.05, 3.63) is 11.1 Å². The number of carbonyl (C=O) groups is 1. The van der Waals surface area contributed by atoms with E-state index in [4.69, 9.17) is 20.7 Å². The highest BCUT2D eigenvalue weighted by molar-refractivity contribution is 6.09. The van der Waals surface area contributed by atoms with Gasteiger partial charge in [0.2, 0.25) is 0 Å². The quantitative estimate of drug-likeness (QED) is 0.339. The maximum atomic E-state index is 13.5. The van der Waals surface area contributed by atoms with Crippen LogP contribution in [0.5, 0.6) is 0 Å². The summed E-state index contributed by atoms with van der Waals surface area (Å²) in [5.74, 6) is -0.977. The van der Waals surface area contributed by atoms with E-state index in [1.165, 1.54) is 0 Å². The SMILES string of the molecule is [2H]CC(CC)(C(=O)N=C(N)N)/C(C)=C(\CF)C(C)(C)C[B]. The van der Waals surface area contributed by atoms with Gasteiger partial charge < -0.3 is 11.5 Å². The monoisotopic (exact) mass is 282 g/mol. The van der Waals surface area contributed by atoms with E-state index in [1.54, 1.807) is 27.7 Å². The minimum Gasteiger partial charge on any atom is -0.370 e. The van der Waals surface area contributed by atoms with Gasteiger partial charge in [0.15, 0.2) is 5.96 Å². The van der Waals surface area contributed by atoms with Crippen LogP contribution in [-0.2, 0) is 4.79 Å². The van der Waals surface area contributed by atoms with Gasteiger partial charge >= 0.3 is 0 Å². The number of allylic oxidation sites excluding steroid dienone is 1. The molecule has 0 aromatic heterocycles. The van der Waals surface area contributed by atoms with Crippen LogP contribution in [0, 0.1) is 10.8 Å². The summed E-state index contributed by atoms with van der Waals surface area (Å²) in [6, 6.07) is 0. The maximum Gasteiger partial charge on any atom is 0.258 e. The minimum atomic E-state index is -1.22. The van der Waals surface area contributed by atoms with E-state index in [-0.39, 0.29) is 19.2 Å². The summed E-state index contributed by atoms with van der Waals surface area (Å²) in [6.45, 7) is 6.04. The summed E-state index contributed by atoms with van der Waals surface area (Å²) in [4.78, 5) is 15.9. The van der Waals surface area contributed by atoms with Crippen molar-refractivity contribution in [2.75, 3.05) is 6.67 Å². The first-order valence-electron chi connectivity index (χ1n) is 7.23. The Morgan fingerprint density at radius 2 is 2.00 bits per heavy atom. The zero-order valence-electron chi connectivity index (χ0n) is 13.8. The Bertz CT molecular complexity index is 442. The first-order chi connectivity index (χ1) is 9.62. The number of nitrogens with two attached hydrogens (primary N) is 2. The van der Waals surface area contributed by atoms with Gasteiger partial charge in [-0.15, -0.1) is 0 Å². The van der Waals surface area contributed by atoms with Gasteiger partial charge in [0.25, 0.3) is 5.91 Å². The fourth-order valence-corrected chi connectivity index (χ4v) is 2.00. The highest BCUT2D eigenvalue weighted by atomic mass is 19.1. The molecular weight excluding hydrogens is 256 g/mol. The zero-order chi connectivity index (χ0) is 16.8. The molecule has 1 unspecified atom stereocenters. The Labute approximate surface area is 123 Å². The third kappa shape index (κ3) is 3.84. The molecule has 0 aliphatic carbocycles. The second-order valence-corrected chi connectivity index (χ2v) is 5.60. The lowest BCUT2D eigenvalue weighted by atomic mass is 9.67. The largest absolute Gasteiger partial charge is 0.370 e. The lowest BCUT2D eigenvalue weighted by Gasteiger charge is -2.34. The molecule has 0 aromatic carbocycles. The number of alkyl halides is 1. The van der Waals surface area contributed by atoms with Crippen molar-refractivity contribution >= 4 is 19.7 Å². The number of rotatable bonds is 6. The number of amides is 1. The van der Waals surface area contributed by atoms with E-state index in [0.717, 1.165) is 0 Å². The Hall–Kier alpha value is -1.33. The average Bonchev–Trinajstić information content (AvgIpc) is 2.40. The van der Waals surface area contributed by atoms with Crippen LogP contribution in [-0.4, -0.2) is 26.4 Å². The number of hydrogen-bond acceptors (Lipinski definition) is 1. The molecule has 0 spiro atoms. The molecule has 112 valence electrons. The Balaban J connectivity index is 6.19. The van der Waals surface area contributed by atoms with Gasteiger partial charge in [0.1, 0.15) is 6.67 Å². The lowest BCUT2D eigenvalue weighted by molar-refractivity contribution is -0.124. The molecule has 0 fully saturated rings. The lowest BCUT2D eigenvalue weighted by Crippen LogP contribution is -2.34. The van der Waals surface area contributed by atoms with Crippen LogP contribution in [0.15, 0.2) is 16.1 Å². The van der Waals surface area contributed by atoms with Crippen LogP contribution in [0.1, 0.15) is 42.4 Å². The normalized spacial score (nSPS) is 16.8. The van der Waals surface area contributed by atoms with E-state index in [1.807, 2.05) is 0 Å². The second kappa shape index (κ2) is 6.91. The molecule has 20 heavy (non-hydrogen) atoms. The van der Waals surface area contributed by atoms with Crippen LogP contribution in [0.2, 0.25) is 6.32 Å². The van der Waals surface area contributed by atoms with Crippen LogP contribution in [0.3, 0.4) is 0 Å². The summed E-state index contributed by atoms with van der Waals surface area (Å²) in [7, 11) is 5.70. The van der Waals surface area contributed by atoms with Gasteiger partial charge in [-0.25, -0.2) is 4.39 Å². The van der Waals surface area contributed by atoms with Gasteiger partial charge in [-0.3, -0.25) is 4.79 Å². The molecule has 0 aliphatic heterocycles. The van der Waals surface area contributed by atoms with Gasteiger partial charge in [-0.2, -0.15) is 4.99 Å². The van der Waals surface area contributed by atoms with Crippen molar-refractivity contribution in [1.82, 2.24) is 0 Å². The molecule has 0 bridgehead atoms. The smallest absolute Gasteiger partial charge is 0.258 e. The number of carbonyl (C=O) groups excluding carboxylic acids is 1. The molecule has 0 rings (SSSR count). The van der Waals surface area contributed by atoms with Crippen molar-refractivity contribution in [2.24, 2.45) is 27.3 Å². The molecule has 4 N–H and O–H groups in total. The van der Waals surface area contributed by atoms with Crippen LogP contribution in [0.4, 0.5) is 4.39 Å². The number of nitrogens with zero attached hydrogens (tertiary/aromatic N) is 1. The third-order valence-electron chi connectivity index (χ3n) is 3.87. The molecule has 6 heteroatoms. The molecule has 0 aliphatic rings. The summed E-state index contributed by atoms with van der Waals surface area (Å²) in [5.41, 5.74) is 9.61. The third-order valence-corrected chi connectivity index (χ3v) is 3.87. The van der Waals surface area contributed by atoms with Crippen LogP contribution >= 0.6 is 0 Å². The molecule has 4 nitrogen and oxygen atoms in total. The number of halogens is 1. The van der Waals surface area contributed by atoms with Crippen LogP contribution in [0.25, 0.3) is 0 Å². The average molecular weight is 282 g/mol. The van der Waals surface area contributed by atoms with E-state index >= 15 is 0 Å². The summed E-state index contributed by atoms with van der Waals surface area (Å²) < 4.78 is 21.3. The zero-order valence-corrected chi connectivity index (χ0v) is 12.8. The first-order valence-corrected chi connectivity index (χ1v) is 6.53. The Morgan fingerprint density at radius 1 is 1.45 bits per heavy atom.